The Morgan fingerprint density at radius 3 is 2.73 bits per heavy atom. The molecule has 58 valence electrons. The molecule has 0 rings (SSSR count). The van der Waals surface area contributed by atoms with Crippen LogP contribution in [-0.4, -0.2) is 17.5 Å². The summed E-state index contributed by atoms with van der Waals surface area (Å²) in [6, 6.07) is 0. The van der Waals surface area contributed by atoms with Crippen molar-refractivity contribution < 1.29 is 33.2 Å². The van der Waals surface area contributed by atoms with Gasteiger partial charge in [0, 0.05) is 11.7 Å². The molecule has 0 atom stereocenters. The van der Waals surface area contributed by atoms with Gasteiger partial charge in [-0.05, 0) is 18.2 Å². The van der Waals surface area contributed by atoms with Crippen molar-refractivity contribution in [3.8, 4) is 0 Å². The summed E-state index contributed by atoms with van der Waals surface area (Å²) < 4.78 is 11.3. The van der Waals surface area contributed by atoms with Crippen LogP contribution in [0.25, 0.3) is 0 Å². The fourth-order valence-corrected chi connectivity index (χ4v) is 1.03. The molecule has 5 heteroatoms. The van der Waals surface area contributed by atoms with E-state index < -0.39 is 5.97 Å². The summed E-state index contributed by atoms with van der Waals surface area (Å²) in [6.07, 6.45) is 1.82. The van der Waals surface area contributed by atoms with Crippen molar-refractivity contribution >= 4 is 17.7 Å². The normalized spacial score (nSPS) is 9.55. The van der Waals surface area contributed by atoms with Crippen LogP contribution in [0.15, 0.2) is 12.4 Å². The summed E-state index contributed by atoms with van der Waals surface area (Å²) in [6.45, 7) is 0. The quantitative estimate of drug-likeness (QED) is 0.334. The van der Waals surface area contributed by atoms with E-state index in [1.807, 2.05) is 0 Å². The maximum atomic E-state index is 11.3. The SMILES string of the molecule is O=C([O-])CCSCC=CF.[Li+]. The van der Waals surface area contributed by atoms with Gasteiger partial charge in [0.1, 0.15) is 0 Å². The van der Waals surface area contributed by atoms with Gasteiger partial charge in [-0.2, -0.15) is 11.8 Å². The number of carbonyl (C=O) groups is 1. The van der Waals surface area contributed by atoms with Crippen LogP contribution in [0.5, 0.6) is 0 Å². The van der Waals surface area contributed by atoms with E-state index in [0.717, 1.165) is 0 Å². The average Bonchev–Trinajstić information content (AvgIpc) is 1.87. The fourth-order valence-electron chi connectivity index (χ4n) is 0.343. The van der Waals surface area contributed by atoms with Crippen LogP contribution in [0.4, 0.5) is 4.39 Å². The molecule has 0 aliphatic heterocycles. The Labute approximate surface area is 81.4 Å². The van der Waals surface area contributed by atoms with Crippen LogP contribution < -0.4 is 24.0 Å². The molecule has 0 heterocycles. The standard InChI is InChI=1S/C6H9FO2S.Li/c7-3-1-4-10-5-2-6(8)9;/h1,3H,2,4-5H2,(H,8,9);/q;+1/p-1. The second-order valence-corrected chi connectivity index (χ2v) is 2.71. The first-order valence-electron chi connectivity index (χ1n) is 2.80. The molecule has 0 fully saturated rings. The molecule has 0 aromatic rings. The Balaban J connectivity index is 0. The van der Waals surface area contributed by atoms with Gasteiger partial charge >= 0.3 is 18.9 Å². The largest absolute Gasteiger partial charge is 1.00 e. The molecular weight excluding hydrogens is 162 g/mol. The molecule has 0 aliphatic rings. The van der Waals surface area contributed by atoms with Crippen LogP contribution >= 0.6 is 11.8 Å². The van der Waals surface area contributed by atoms with Crippen molar-refractivity contribution in [1.29, 1.82) is 0 Å². The molecule has 2 nitrogen and oxygen atoms in total. The van der Waals surface area contributed by atoms with Crippen molar-refractivity contribution in [2.45, 2.75) is 6.42 Å². The van der Waals surface area contributed by atoms with E-state index in [4.69, 9.17) is 0 Å². The Kier molecular flexibility index (Phi) is 12.5. The minimum Gasteiger partial charge on any atom is -0.550 e. The van der Waals surface area contributed by atoms with Gasteiger partial charge in [-0.3, -0.25) is 0 Å². The molecule has 0 bridgehead atoms. The van der Waals surface area contributed by atoms with Crippen molar-refractivity contribution in [2.24, 2.45) is 0 Å². The van der Waals surface area contributed by atoms with Crippen LogP contribution in [0.1, 0.15) is 6.42 Å². The van der Waals surface area contributed by atoms with Crippen LogP contribution in [0.2, 0.25) is 0 Å². The molecule has 0 aromatic carbocycles. The second kappa shape index (κ2) is 10.1. The van der Waals surface area contributed by atoms with Gasteiger partial charge in [0.15, 0.2) is 0 Å². The predicted octanol–water partition coefficient (Wildman–Crippen LogP) is -2.65. The molecule has 11 heavy (non-hydrogen) atoms. The maximum absolute atomic E-state index is 11.3. The van der Waals surface area contributed by atoms with Gasteiger partial charge < -0.3 is 9.90 Å². The van der Waals surface area contributed by atoms with Crippen molar-refractivity contribution in [1.82, 2.24) is 0 Å². The van der Waals surface area contributed by atoms with E-state index in [9.17, 15) is 14.3 Å². The molecule has 0 aliphatic carbocycles. The third-order valence-corrected chi connectivity index (χ3v) is 1.67. The number of carbonyl (C=O) groups excluding carboxylic acids is 1. The van der Waals surface area contributed by atoms with Crippen LogP contribution in [-0.2, 0) is 4.79 Å². The van der Waals surface area contributed by atoms with E-state index in [1.165, 1.54) is 17.8 Å². The monoisotopic (exact) mass is 170 g/mol. The molecule has 0 radical (unpaired) electrons. The average molecular weight is 170 g/mol. The third-order valence-electron chi connectivity index (χ3n) is 0.754. The smallest absolute Gasteiger partial charge is 0.550 e. The molecule has 0 saturated carbocycles. The number of hydrogen-bond acceptors (Lipinski definition) is 3. The minimum atomic E-state index is -1.06. The zero-order chi connectivity index (χ0) is 7.82. The summed E-state index contributed by atoms with van der Waals surface area (Å²) >= 11 is 1.36. The molecule has 0 saturated heterocycles. The zero-order valence-electron chi connectivity index (χ0n) is 6.38. The molecular formula is C6H8FLiO2S. The van der Waals surface area contributed by atoms with Crippen LogP contribution in [0, 0.1) is 0 Å². The van der Waals surface area contributed by atoms with E-state index in [1.54, 1.807) is 0 Å². The number of halogens is 1. The molecule has 0 spiro atoms. The number of thioether (sulfide) groups is 1. The Morgan fingerprint density at radius 1 is 1.64 bits per heavy atom. The number of aliphatic carboxylic acids is 1. The van der Waals surface area contributed by atoms with E-state index >= 15 is 0 Å². The van der Waals surface area contributed by atoms with Gasteiger partial charge in [0.05, 0.1) is 6.33 Å². The molecule has 0 unspecified atom stereocenters. The summed E-state index contributed by atoms with van der Waals surface area (Å²) in [5.41, 5.74) is 0. The minimum absolute atomic E-state index is 0. The Bertz CT molecular complexity index is 130. The van der Waals surface area contributed by atoms with Gasteiger partial charge in [0.25, 0.3) is 0 Å². The third kappa shape index (κ3) is 13.1. The van der Waals surface area contributed by atoms with E-state index in [0.29, 0.717) is 17.8 Å². The van der Waals surface area contributed by atoms with Crippen molar-refractivity contribution in [2.75, 3.05) is 11.5 Å². The first-order valence-corrected chi connectivity index (χ1v) is 3.95. The topological polar surface area (TPSA) is 40.1 Å². The first kappa shape index (κ1) is 13.7. The summed E-state index contributed by atoms with van der Waals surface area (Å²) in [4.78, 5) is 9.82. The fraction of sp³-hybridized carbons (Fsp3) is 0.500. The zero-order valence-corrected chi connectivity index (χ0v) is 7.20. The van der Waals surface area contributed by atoms with Gasteiger partial charge in [-0.15, -0.1) is 0 Å². The van der Waals surface area contributed by atoms with Gasteiger partial charge in [0.2, 0.25) is 0 Å². The summed E-state index contributed by atoms with van der Waals surface area (Å²) in [5, 5.41) is 9.82. The van der Waals surface area contributed by atoms with Crippen LogP contribution in [0.3, 0.4) is 0 Å². The summed E-state index contributed by atoms with van der Waals surface area (Å²) in [5.74, 6) is -0.0621. The predicted molar refractivity (Wildman–Crippen MR) is 37.2 cm³/mol. The molecule has 0 N–H and O–H groups in total. The number of carboxylic acid groups (broad SMARTS) is 1. The number of hydrogen-bond donors (Lipinski definition) is 0. The van der Waals surface area contributed by atoms with Crippen molar-refractivity contribution in [3.05, 3.63) is 12.4 Å². The first-order chi connectivity index (χ1) is 4.77. The maximum Gasteiger partial charge on any atom is 1.00 e. The Hall–Kier alpha value is 0.0874. The van der Waals surface area contributed by atoms with E-state index in [2.05, 4.69) is 0 Å². The Morgan fingerprint density at radius 2 is 2.27 bits per heavy atom. The molecule has 0 amide bonds. The number of rotatable bonds is 5. The van der Waals surface area contributed by atoms with Crippen molar-refractivity contribution in [3.63, 3.8) is 0 Å². The molecule has 0 aromatic heterocycles. The van der Waals surface area contributed by atoms with Gasteiger partial charge in [-0.25, -0.2) is 4.39 Å². The second-order valence-electron chi connectivity index (χ2n) is 1.56. The summed E-state index contributed by atoms with van der Waals surface area (Å²) in [7, 11) is 0. The number of carboxylic acids is 1. The van der Waals surface area contributed by atoms with Gasteiger partial charge in [-0.1, -0.05) is 0 Å². The van der Waals surface area contributed by atoms with E-state index in [-0.39, 0.29) is 25.3 Å².